The molecule has 0 spiro atoms. The van der Waals surface area contributed by atoms with E-state index in [9.17, 15) is 8.42 Å². The molecule has 0 rings (SSSR count). The zero-order chi connectivity index (χ0) is 11.9. The normalized spacial score (nSPS) is 12.7. The fraction of sp³-hybridized carbons (Fsp3) is 1.00. The minimum Gasteiger partial charge on any atom is -0.385 e. The van der Waals surface area contributed by atoms with Crippen LogP contribution in [-0.4, -0.2) is 57.4 Å². The zero-order valence-corrected chi connectivity index (χ0v) is 10.9. The minimum atomic E-state index is -3.27. The Labute approximate surface area is 93.2 Å². The summed E-state index contributed by atoms with van der Waals surface area (Å²) in [5.41, 5.74) is 0. The second-order valence-electron chi connectivity index (χ2n) is 3.26. The van der Waals surface area contributed by atoms with Gasteiger partial charge in [0.2, 0.25) is 0 Å². The van der Waals surface area contributed by atoms with Gasteiger partial charge >= 0.3 is 0 Å². The standard InChI is InChI=1S/C9H22N2O3S/c1-5-11(6-2)15(12,13)10(3)8-7-9-14-4/h5-9H2,1-4H3. The van der Waals surface area contributed by atoms with Crippen molar-refractivity contribution in [3.63, 3.8) is 0 Å². The molecule has 0 aliphatic rings. The maximum atomic E-state index is 11.9. The molecular weight excluding hydrogens is 216 g/mol. The Hall–Kier alpha value is -0.170. The third-order valence-corrected chi connectivity index (χ3v) is 4.39. The van der Waals surface area contributed by atoms with Crippen molar-refractivity contribution in [1.29, 1.82) is 0 Å². The van der Waals surface area contributed by atoms with Crippen LogP contribution in [0.1, 0.15) is 20.3 Å². The van der Waals surface area contributed by atoms with E-state index in [4.69, 9.17) is 4.74 Å². The molecule has 0 radical (unpaired) electrons. The van der Waals surface area contributed by atoms with Crippen molar-refractivity contribution in [2.75, 3.05) is 40.4 Å². The number of rotatable bonds is 8. The first-order valence-corrected chi connectivity index (χ1v) is 6.60. The smallest absolute Gasteiger partial charge is 0.281 e. The fourth-order valence-corrected chi connectivity index (χ4v) is 2.70. The molecule has 0 aromatic heterocycles. The lowest BCUT2D eigenvalue weighted by Crippen LogP contribution is -2.42. The van der Waals surface area contributed by atoms with Gasteiger partial charge in [-0.3, -0.25) is 0 Å². The molecule has 6 heteroatoms. The molecule has 0 atom stereocenters. The molecule has 0 aliphatic heterocycles. The average Bonchev–Trinajstić information content (AvgIpc) is 2.19. The van der Waals surface area contributed by atoms with Crippen molar-refractivity contribution in [3.8, 4) is 0 Å². The summed E-state index contributed by atoms with van der Waals surface area (Å²) in [6.07, 6.45) is 0.716. The summed E-state index contributed by atoms with van der Waals surface area (Å²) in [5.74, 6) is 0. The van der Waals surface area contributed by atoms with Crippen molar-refractivity contribution in [1.82, 2.24) is 8.61 Å². The van der Waals surface area contributed by atoms with Crippen LogP contribution in [-0.2, 0) is 14.9 Å². The van der Waals surface area contributed by atoms with Crippen LogP contribution in [0.5, 0.6) is 0 Å². The molecule has 5 nitrogen and oxygen atoms in total. The number of hydrogen-bond donors (Lipinski definition) is 0. The first-order valence-electron chi connectivity index (χ1n) is 5.21. The van der Waals surface area contributed by atoms with Crippen LogP contribution < -0.4 is 0 Å². The zero-order valence-electron chi connectivity index (χ0n) is 10.1. The van der Waals surface area contributed by atoms with Gasteiger partial charge in [0.25, 0.3) is 10.2 Å². The quantitative estimate of drug-likeness (QED) is 0.580. The average molecular weight is 238 g/mol. The van der Waals surface area contributed by atoms with Crippen LogP contribution in [0.2, 0.25) is 0 Å². The third kappa shape index (κ3) is 4.46. The summed E-state index contributed by atoms with van der Waals surface area (Å²) in [6.45, 7) is 5.76. The molecule has 0 aromatic rings. The van der Waals surface area contributed by atoms with E-state index >= 15 is 0 Å². The van der Waals surface area contributed by atoms with Gasteiger partial charge in [-0.25, -0.2) is 0 Å². The molecule has 0 bridgehead atoms. The molecule has 0 saturated carbocycles. The topological polar surface area (TPSA) is 49.9 Å². The van der Waals surface area contributed by atoms with Gasteiger partial charge in [-0.15, -0.1) is 0 Å². The number of nitrogens with zero attached hydrogens (tertiary/aromatic N) is 2. The highest BCUT2D eigenvalue weighted by atomic mass is 32.2. The van der Waals surface area contributed by atoms with Crippen LogP contribution in [0.25, 0.3) is 0 Å². The van der Waals surface area contributed by atoms with E-state index in [1.165, 1.54) is 8.61 Å². The molecule has 0 aliphatic carbocycles. The molecule has 0 N–H and O–H groups in total. The van der Waals surface area contributed by atoms with E-state index in [-0.39, 0.29) is 0 Å². The third-order valence-electron chi connectivity index (χ3n) is 2.25. The number of ether oxygens (including phenoxy) is 1. The monoisotopic (exact) mass is 238 g/mol. The van der Waals surface area contributed by atoms with Crippen LogP contribution in [0, 0.1) is 0 Å². The number of hydrogen-bond acceptors (Lipinski definition) is 3. The lowest BCUT2D eigenvalue weighted by Gasteiger charge is -2.25. The van der Waals surface area contributed by atoms with Crippen LogP contribution >= 0.6 is 0 Å². The van der Waals surface area contributed by atoms with Gasteiger partial charge in [0.1, 0.15) is 0 Å². The molecular formula is C9H22N2O3S. The van der Waals surface area contributed by atoms with Crippen molar-refractivity contribution < 1.29 is 13.2 Å². The molecule has 0 unspecified atom stereocenters. The van der Waals surface area contributed by atoms with E-state index in [0.717, 1.165) is 0 Å². The summed E-state index contributed by atoms with van der Waals surface area (Å²) >= 11 is 0. The Morgan fingerprint density at radius 2 is 1.73 bits per heavy atom. The highest BCUT2D eigenvalue weighted by molar-refractivity contribution is 7.86. The maximum absolute atomic E-state index is 11.9. The summed E-state index contributed by atoms with van der Waals surface area (Å²) in [6, 6.07) is 0. The number of methoxy groups -OCH3 is 1. The SMILES string of the molecule is CCN(CC)S(=O)(=O)N(C)CCCOC. The molecule has 0 amide bonds. The summed E-state index contributed by atoms with van der Waals surface area (Å²) in [5, 5.41) is 0. The lowest BCUT2D eigenvalue weighted by atomic mass is 10.5. The Morgan fingerprint density at radius 1 is 1.20 bits per heavy atom. The minimum absolute atomic E-state index is 0.493. The van der Waals surface area contributed by atoms with Crippen molar-refractivity contribution in [2.45, 2.75) is 20.3 Å². The molecule has 0 saturated heterocycles. The lowest BCUT2D eigenvalue weighted by molar-refractivity contribution is 0.188. The Bertz CT molecular complexity index is 250. The molecule has 0 heterocycles. The first-order chi connectivity index (χ1) is 7.00. The van der Waals surface area contributed by atoms with Gasteiger partial charge in [-0.2, -0.15) is 17.0 Å². The second-order valence-corrected chi connectivity index (χ2v) is 5.30. The summed E-state index contributed by atoms with van der Waals surface area (Å²) in [7, 11) is -0.0600. The van der Waals surface area contributed by atoms with E-state index in [1.807, 2.05) is 13.8 Å². The van der Waals surface area contributed by atoms with Crippen molar-refractivity contribution in [2.24, 2.45) is 0 Å². The fourth-order valence-electron chi connectivity index (χ4n) is 1.29. The highest BCUT2D eigenvalue weighted by Crippen LogP contribution is 2.06. The van der Waals surface area contributed by atoms with Gasteiger partial charge in [0, 0.05) is 40.4 Å². The molecule has 15 heavy (non-hydrogen) atoms. The van der Waals surface area contributed by atoms with Crippen molar-refractivity contribution >= 4 is 10.2 Å². The van der Waals surface area contributed by atoms with Gasteiger partial charge in [-0.05, 0) is 6.42 Å². The van der Waals surface area contributed by atoms with Gasteiger partial charge < -0.3 is 4.74 Å². The van der Waals surface area contributed by atoms with E-state index in [0.29, 0.717) is 32.7 Å². The summed E-state index contributed by atoms with van der Waals surface area (Å²) < 4.78 is 31.5. The Morgan fingerprint density at radius 3 is 2.13 bits per heavy atom. The molecule has 0 fully saturated rings. The Kier molecular flexibility index (Phi) is 7.08. The predicted molar refractivity (Wildman–Crippen MR) is 61.0 cm³/mol. The Balaban J connectivity index is 4.31. The van der Waals surface area contributed by atoms with Gasteiger partial charge in [0.15, 0.2) is 0 Å². The van der Waals surface area contributed by atoms with E-state index in [2.05, 4.69) is 0 Å². The van der Waals surface area contributed by atoms with Crippen molar-refractivity contribution in [3.05, 3.63) is 0 Å². The molecule has 92 valence electrons. The van der Waals surface area contributed by atoms with Crippen LogP contribution in [0.4, 0.5) is 0 Å². The predicted octanol–water partition coefficient (Wildman–Crippen LogP) is 0.541. The summed E-state index contributed by atoms with van der Waals surface area (Å²) in [4.78, 5) is 0. The maximum Gasteiger partial charge on any atom is 0.281 e. The van der Waals surface area contributed by atoms with E-state index in [1.54, 1.807) is 14.2 Å². The van der Waals surface area contributed by atoms with Gasteiger partial charge in [0.05, 0.1) is 0 Å². The van der Waals surface area contributed by atoms with Gasteiger partial charge in [-0.1, -0.05) is 13.8 Å². The largest absolute Gasteiger partial charge is 0.385 e. The van der Waals surface area contributed by atoms with Crippen LogP contribution in [0.3, 0.4) is 0 Å². The van der Waals surface area contributed by atoms with Crippen LogP contribution in [0.15, 0.2) is 0 Å². The molecule has 0 aromatic carbocycles. The first kappa shape index (κ1) is 14.8. The second kappa shape index (κ2) is 7.16. The van der Waals surface area contributed by atoms with E-state index < -0.39 is 10.2 Å². The highest BCUT2D eigenvalue weighted by Gasteiger charge is 2.23.